The predicted octanol–water partition coefficient (Wildman–Crippen LogP) is 1.42. The van der Waals surface area contributed by atoms with Crippen molar-refractivity contribution in [2.45, 2.75) is 37.6 Å². The number of hydrogen-bond donors (Lipinski definition) is 1. The highest BCUT2D eigenvalue weighted by atomic mass is 16.7. The average molecular weight is 347 g/mol. The molecule has 0 aliphatic carbocycles. The van der Waals surface area contributed by atoms with Crippen molar-refractivity contribution >= 4 is 6.03 Å². The molecule has 1 aromatic rings. The molecule has 4 rings (SSSR count). The fourth-order valence-corrected chi connectivity index (χ4v) is 3.92. The second-order valence-corrected chi connectivity index (χ2v) is 7.11. The van der Waals surface area contributed by atoms with Crippen LogP contribution in [0.4, 0.5) is 4.79 Å². The summed E-state index contributed by atoms with van der Waals surface area (Å²) in [6.45, 7) is 2.67. The van der Waals surface area contributed by atoms with Crippen molar-refractivity contribution in [2.75, 3.05) is 34.0 Å². The summed E-state index contributed by atoms with van der Waals surface area (Å²) in [5.74, 6) is 1.62. The van der Waals surface area contributed by atoms with Crippen LogP contribution >= 0.6 is 0 Å². The molecular formula is C18H25N3O4. The Hall–Kier alpha value is -1.99. The minimum Gasteiger partial charge on any atom is -0.454 e. The number of benzene rings is 1. The molecule has 25 heavy (non-hydrogen) atoms. The highest BCUT2D eigenvalue weighted by Crippen LogP contribution is 2.35. The topological polar surface area (TPSA) is 63.3 Å². The summed E-state index contributed by atoms with van der Waals surface area (Å²) >= 11 is 0. The quantitative estimate of drug-likeness (QED) is 0.896. The maximum atomic E-state index is 12.1. The summed E-state index contributed by atoms with van der Waals surface area (Å²) in [6.07, 6.45) is 2.23. The number of hydrogen-bond acceptors (Lipinski definition) is 5. The van der Waals surface area contributed by atoms with E-state index in [0.29, 0.717) is 12.8 Å². The van der Waals surface area contributed by atoms with Gasteiger partial charge in [0.15, 0.2) is 11.5 Å². The molecule has 2 saturated heterocycles. The molecule has 0 aromatic heterocycles. The van der Waals surface area contributed by atoms with Gasteiger partial charge in [0.05, 0.1) is 12.1 Å². The fourth-order valence-electron chi connectivity index (χ4n) is 3.92. The Balaban J connectivity index is 1.48. The van der Waals surface area contributed by atoms with Gasteiger partial charge in [0, 0.05) is 39.8 Å². The third-order valence-corrected chi connectivity index (χ3v) is 5.17. The smallest absolute Gasteiger partial charge is 0.317 e. The van der Waals surface area contributed by atoms with Gasteiger partial charge in [-0.1, -0.05) is 6.07 Å². The Bertz CT molecular complexity index is 651. The van der Waals surface area contributed by atoms with E-state index in [1.54, 1.807) is 19.0 Å². The van der Waals surface area contributed by atoms with Gasteiger partial charge in [0.2, 0.25) is 6.79 Å². The number of fused-ring (bicyclic) bond motifs is 2. The lowest BCUT2D eigenvalue weighted by molar-refractivity contribution is -0.0207. The second-order valence-electron chi connectivity index (χ2n) is 7.11. The molecule has 3 aliphatic rings. The van der Waals surface area contributed by atoms with Crippen molar-refractivity contribution in [2.24, 2.45) is 0 Å². The van der Waals surface area contributed by atoms with Crippen LogP contribution < -0.4 is 14.8 Å². The van der Waals surface area contributed by atoms with Crippen LogP contribution in [0.25, 0.3) is 0 Å². The molecule has 2 amide bonds. The van der Waals surface area contributed by atoms with E-state index < -0.39 is 0 Å². The molecule has 0 unspecified atom stereocenters. The molecule has 7 nitrogen and oxygen atoms in total. The zero-order chi connectivity index (χ0) is 17.4. The summed E-state index contributed by atoms with van der Waals surface area (Å²) in [6, 6.07) is 6.39. The van der Waals surface area contributed by atoms with Crippen molar-refractivity contribution in [1.29, 1.82) is 0 Å². The Morgan fingerprint density at radius 1 is 1.32 bits per heavy atom. The first-order valence-corrected chi connectivity index (χ1v) is 8.84. The molecule has 3 heterocycles. The third kappa shape index (κ3) is 3.26. The molecule has 0 spiro atoms. The number of carbonyl (C=O) groups is 1. The molecule has 1 aromatic carbocycles. The summed E-state index contributed by atoms with van der Waals surface area (Å²) in [7, 11) is 3.52. The lowest BCUT2D eigenvalue weighted by atomic mass is 10.0. The normalized spacial score (nSPS) is 27.8. The molecular weight excluding hydrogens is 322 g/mol. The molecule has 3 atom stereocenters. The maximum absolute atomic E-state index is 12.1. The second kappa shape index (κ2) is 6.72. The molecule has 2 fully saturated rings. The molecule has 1 N–H and O–H groups in total. The van der Waals surface area contributed by atoms with Gasteiger partial charge in [-0.05, 0) is 30.5 Å². The monoisotopic (exact) mass is 347 g/mol. The van der Waals surface area contributed by atoms with Crippen LogP contribution in [-0.4, -0.2) is 68.1 Å². The van der Waals surface area contributed by atoms with Crippen molar-refractivity contribution in [1.82, 2.24) is 15.1 Å². The highest BCUT2D eigenvalue weighted by molar-refractivity contribution is 5.74. The van der Waals surface area contributed by atoms with Gasteiger partial charge in [0.1, 0.15) is 0 Å². The minimum absolute atomic E-state index is 0.0224. The number of nitrogens with one attached hydrogen (secondary N) is 1. The lowest BCUT2D eigenvalue weighted by Gasteiger charge is -2.32. The van der Waals surface area contributed by atoms with Gasteiger partial charge < -0.3 is 24.4 Å². The minimum atomic E-state index is -0.0668. The Kier molecular flexibility index (Phi) is 4.43. The van der Waals surface area contributed by atoms with Gasteiger partial charge >= 0.3 is 6.03 Å². The summed E-state index contributed by atoms with van der Waals surface area (Å²) < 4.78 is 16.9. The predicted molar refractivity (Wildman–Crippen MR) is 91.7 cm³/mol. The van der Waals surface area contributed by atoms with Crippen molar-refractivity contribution < 1.29 is 19.0 Å². The number of urea groups is 1. The van der Waals surface area contributed by atoms with Crippen LogP contribution in [0.5, 0.6) is 11.5 Å². The van der Waals surface area contributed by atoms with E-state index in [0.717, 1.165) is 44.0 Å². The van der Waals surface area contributed by atoms with Crippen LogP contribution in [0.1, 0.15) is 18.4 Å². The highest BCUT2D eigenvalue weighted by Gasteiger charge is 2.44. The first kappa shape index (κ1) is 16.5. The van der Waals surface area contributed by atoms with Gasteiger partial charge in [-0.2, -0.15) is 0 Å². The van der Waals surface area contributed by atoms with Crippen LogP contribution in [0.2, 0.25) is 0 Å². The first-order chi connectivity index (χ1) is 12.1. The molecule has 0 radical (unpaired) electrons. The Morgan fingerprint density at radius 3 is 3.00 bits per heavy atom. The van der Waals surface area contributed by atoms with E-state index >= 15 is 0 Å². The van der Waals surface area contributed by atoms with Crippen LogP contribution in [0, 0.1) is 0 Å². The number of ether oxygens (including phenoxy) is 3. The van der Waals surface area contributed by atoms with Gasteiger partial charge in [-0.15, -0.1) is 0 Å². The van der Waals surface area contributed by atoms with Gasteiger partial charge in [-0.3, -0.25) is 4.90 Å². The van der Waals surface area contributed by atoms with Gasteiger partial charge in [0.25, 0.3) is 0 Å². The number of carbonyl (C=O) groups excluding carboxylic acids is 1. The standard InChI is InChI=1S/C18H25N3O4/c1-20(2)18(22)19-13-10-21(14-4-3-7-23-17(13)14)9-12-5-6-15-16(8-12)25-11-24-15/h5-6,8,13-14,17H,3-4,7,9-11H2,1-2H3,(H,19,22)/t13-,14+,17+/m1/s1. The largest absolute Gasteiger partial charge is 0.454 e. The molecule has 3 aliphatic heterocycles. The summed E-state index contributed by atoms with van der Waals surface area (Å²) in [4.78, 5) is 16.1. The van der Waals surface area contributed by atoms with Crippen molar-refractivity contribution in [3.05, 3.63) is 23.8 Å². The van der Waals surface area contributed by atoms with Crippen LogP contribution in [-0.2, 0) is 11.3 Å². The fraction of sp³-hybridized carbons (Fsp3) is 0.611. The van der Waals surface area contributed by atoms with E-state index in [1.165, 1.54) is 5.56 Å². The summed E-state index contributed by atoms with van der Waals surface area (Å²) in [5, 5.41) is 3.11. The zero-order valence-corrected chi connectivity index (χ0v) is 14.7. The number of amides is 2. The number of likely N-dealkylation sites (tertiary alicyclic amines) is 1. The molecule has 136 valence electrons. The van der Waals surface area contributed by atoms with Crippen molar-refractivity contribution in [3.63, 3.8) is 0 Å². The van der Waals surface area contributed by atoms with E-state index in [-0.39, 0.29) is 18.2 Å². The Morgan fingerprint density at radius 2 is 2.16 bits per heavy atom. The van der Waals surface area contributed by atoms with E-state index in [2.05, 4.69) is 16.3 Å². The van der Waals surface area contributed by atoms with Crippen LogP contribution in [0.3, 0.4) is 0 Å². The first-order valence-electron chi connectivity index (χ1n) is 8.84. The van der Waals surface area contributed by atoms with E-state index in [1.807, 2.05) is 12.1 Å². The SMILES string of the molecule is CN(C)C(=O)N[C@@H]1CN(Cc2ccc3c(c2)OCO3)[C@H]2CCCO[C@@H]12. The van der Waals surface area contributed by atoms with Gasteiger partial charge in [-0.25, -0.2) is 4.79 Å². The average Bonchev–Trinajstić information content (AvgIpc) is 3.20. The lowest BCUT2D eigenvalue weighted by Crippen LogP contribution is -2.50. The molecule has 7 heteroatoms. The van der Waals surface area contributed by atoms with Crippen LogP contribution in [0.15, 0.2) is 18.2 Å². The Labute approximate surface area is 147 Å². The number of nitrogens with zero attached hydrogens (tertiary/aromatic N) is 2. The van der Waals surface area contributed by atoms with Crippen molar-refractivity contribution in [3.8, 4) is 11.5 Å². The number of rotatable bonds is 3. The molecule has 0 saturated carbocycles. The zero-order valence-electron chi connectivity index (χ0n) is 14.7. The third-order valence-electron chi connectivity index (χ3n) is 5.17. The summed E-state index contributed by atoms with van der Waals surface area (Å²) in [5.41, 5.74) is 1.19. The van der Waals surface area contributed by atoms with E-state index in [9.17, 15) is 4.79 Å². The maximum Gasteiger partial charge on any atom is 0.317 e. The van der Waals surface area contributed by atoms with E-state index in [4.69, 9.17) is 14.2 Å². The molecule has 0 bridgehead atoms.